The molecule has 2 aromatic rings. The summed E-state index contributed by atoms with van der Waals surface area (Å²) in [5.74, 6) is 3.03. The molecule has 0 spiro atoms. The lowest BCUT2D eigenvalue weighted by Crippen LogP contribution is -2.31. The second-order valence-corrected chi connectivity index (χ2v) is 7.40. The van der Waals surface area contributed by atoms with E-state index in [1.54, 1.807) is 25.3 Å². The Bertz CT molecular complexity index is 908. The van der Waals surface area contributed by atoms with Crippen molar-refractivity contribution in [3.63, 3.8) is 0 Å². The Morgan fingerprint density at radius 1 is 1.31 bits per heavy atom. The second kappa shape index (κ2) is 8.73. The van der Waals surface area contributed by atoms with Gasteiger partial charge in [0.15, 0.2) is 18.7 Å². The molecule has 1 aromatic carbocycles. The Labute approximate surface area is 173 Å². The maximum absolute atomic E-state index is 10.8. The van der Waals surface area contributed by atoms with Gasteiger partial charge in [0.1, 0.15) is 5.75 Å². The van der Waals surface area contributed by atoms with Gasteiger partial charge in [-0.1, -0.05) is 36.0 Å². The summed E-state index contributed by atoms with van der Waals surface area (Å²) in [5, 5.41) is 7.05. The predicted octanol–water partition coefficient (Wildman–Crippen LogP) is 3.77. The van der Waals surface area contributed by atoms with E-state index in [0.29, 0.717) is 46.0 Å². The van der Waals surface area contributed by atoms with Crippen LogP contribution in [0.25, 0.3) is 0 Å². The summed E-state index contributed by atoms with van der Waals surface area (Å²) in [4.78, 5) is 20.2. The maximum Gasteiger partial charge on any atom is 0.259 e. The third-order valence-corrected chi connectivity index (χ3v) is 5.36. The molecule has 1 aliphatic heterocycles. The minimum Gasteiger partial charge on any atom is -0.485 e. The number of aromatic nitrogens is 1. The van der Waals surface area contributed by atoms with Gasteiger partial charge < -0.3 is 24.0 Å². The van der Waals surface area contributed by atoms with Crippen molar-refractivity contribution in [3.8, 4) is 11.6 Å². The number of rotatable bonds is 7. The van der Waals surface area contributed by atoms with Gasteiger partial charge in [-0.15, -0.1) is 0 Å². The van der Waals surface area contributed by atoms with Crippen LogP contribution in [0.2, 0.25) is 5.02 Å². The number of oxime groups is 1. The van der Waals surface area contributed by atoms with Crippen LogP contribution in [-0.4, -0.2) is 30.4 Å². The molecule has 1 aromatic heterocycles. The molecule has 0 amide bonds. The zero-order chi connectivity index (χ0) is 20.2. The van der Waals surface area contributed by atoms with Crippen LogP contribution in [0.5, 0.6) is 11.6 Å². The lowest BCUT2D eigenvalue weighted by atomic mass is 9.89. The van der Waals surface area contributed by atoms with E-state index in [4.69, 9.17) is 30.3 Å². The number of amidine groups is 1. The number of oxazole rings is 1. The van der Waals surface area contributed by atoms with Gasteiger partial charge in [0.25, 0.3) is 12.1 Å². The largest absolute Gasteiger partial charge is 0.485 e. The predicted molar refractivity (Wildman–Crippen MR) is 105 cm³/mol. The zero-order valence-electron chi connectivity index (χ0n) is 16.0. The van der Waals surface area contributed by atoms with Gasteiger partial charge in [-0.05, 0) is 31.0 Å². The monoisotopic (exact) mass is 419 g/mol. The number of halogens is 1. The first-order valence-corrected chi connectivity index (χ1v) is 9.97. The summed E-state index contributed by atoms with van der Waals surface area (Å²) in [6.07, 6.45) is 5.67. The van der Waals surface area contributed by atoms with E-state index in [-0.39, 0.29) is 6.61 Å². The standard InChI is InChI=1S/C20H22ClN3O5/c1-26-20-16(28-19(23-20)12-5-3-2-4-6-12)11-27-13-7-8-14(15(21)9-13)18-22-17(10-25)29-24-18/h7-10,12,17H,2-6,11H2,1H3,(H,22,24). The molecule has 1 unspecified atom stereocenters. The molecule has 9 heteroatoms. The van der Waals surface area contributed by atoms with E-state index < -0.39 is 6.23 Å². The highest BCUT2D eigenvalue weighted by Crippen LogP contribution is 2.35. The van der Waals surface area contributed by atoms with Crippen LogP contribution in [0.3, 0.4) is 0 Å². The van der Waals surface area contributed by atoms with Crippen molar-refractivity contribution in [2.45, 2.75) is 50.9 Å². The first-order valence-electron chi connectivity index (χ1n) is 9.60. The summed E-state index contributed by atoms with van der Waals surface area (Å²) >= 11 is 6.34. The van der Waals surface area contributed by atoms with Gasteiger partial charge in [-0.3, -0.25) is 4.79 Å². The minimum atomic E-state index is -0.797. The Morgan fingerprint density at radius 2 is 2.14 bits per heavy atom. The van der Waals surface area contributed by atoms with E-state index >= 15 is 0 Å². The number of carbonyl (C=O) groups is 1. The van der Waals surface area contributed by atoms with Crippen molar-refractivity contribution in [2.75, 3.05) is 7.11 Å². The van der Waals surface area contributed by atoms with Crippen molar-refractivity contribution in [1.82, 2.24) is 10.3 Å². The highest BCUT2D eigenvalue weighted by atomic mass is 35.5. The first-order chi connectivity index (χ1) is 14.2. The Morgan fingerprint density at radius 3 is 2.83 bits per heavy atom. The Hall–Kier alpha value is -2.74. The molecule has 1 fully saturated rings. The lowest BCUT2D eigenvalue weighted by molar-refractivity contribution is -0.117. The van der Waals surface area contributed by atoms with E-state index in [1.165, 1.54) is 19.3 Å². The normalized spacial score (nSPS) is 19.2. The third kappa shape index (κ3) is 4.32. The molecule has 2 aliphatic rings. The van der Waals surface area contributed by atoms with Gasteiger partial charge in [-0.2, -0.15) is 4.98 Å². The van der Waals surface area contributed by atoms with Gasteiger partial charge in [0, 0.05) is 11.5 Å². The maximum atomic E-state index is 10.8. The number of nitrogens with zero attached hydrogens (tertiary/aromatic N) is 2. The molecule has 0 radical (unpaired) electrons. The van der Waals surface area contributed by atoms with E-state index in [9.17, 15) is 4.79 Å². The van der Waals surface area contributed by atoms with Gasteiger partial charge in [0.2, 0.25) is 11.7 Å². The molecule has 0 bridgehead atoms. The van der Waals surface area contributed by atoms with Gasteiger partial charge >= 0.3 is 0 Å². The van der Waals surface area contributed by atoms with Crippen molar-refractivity contribution in [3.05, 3.63) is 40.4 Å². The molecule has 2 heterocycles. The number of nitrogens with one attached hydrogen (secondary N) is 1. The average Bonchev–Trinajstić information content (AvgIpc) is 3.40. The molecule has 1 saturated carbocycles. The van der Waals surface area contributed by atoms with Gasteiger partial charge in [0.05, 0.1) is 12.1 Å². The quantitative estimate of drug-likeness (QED) is 0.682. The lowest BCUT2D eigenvalue weighted by Gasteiger charge is -2.17. The SMILES string of the molecule is COc1nc(C2CCCCC2)oc1COc1ccc(C2=NOC(C=O)N2)c(Cl)c1. The summed E-state index contributed by atoms with van der Waals surface area (Å²) in [6, 6.07) is 5.16. The van der Waals surface area contributed by atoms with Gasteiger partial charge in [-0.25, -0.2) is 0 Å². The smallest absolute Gasteiger partial charge is 0.259 e. The van der Waals surface area contributed by atoms with E-state index in [1.807, 2.05) is 0 Å². The first kappa shape index (κ1) is 19.6. The highest BCUT2D eigenvalue weighted by Gasteiger charge is 2.24. The fourth-order valence-electron chi connectivity index (χ4n) is 3.54. The van der Waals surface area contributed by atoms with E-state index in [2.05, 4.69) is 15.5 Å². The number of carbonyl (C=O) groups excluding carboxylic acids is 1. The van der Waals surface area contributed by atoms with Crippen LogP contribution >= 0.6 is 11.6 Å². The topological polar surface area (TPSA) is 95.2 Å². The molecule has 1 atom stereocenters. The summed E-state index contributed by atoms with van der Waals surface area (Å²) < 4.78 is 17.1. The highest BCUT2D eigenvalue weighted by molar-refractivity contribution is 6.34. The van der Waals surface area contributed by atoms with Crippen LogP contribution < -0.4 is 14.8 Å². The Balaban J connectivity index is 1.43. The summed E-state index contributed by atoms with van der Waals surface area (Å²) in [5.41, 5.74) is 0.611. The number of aldehydes is 1. The molecule has 8 nitrogen and oxygen atoms in total. The van der Waals surface area contributed by atoms with Crippen LogP contribution in [0.1, 0.15) is 55.2 Å². The molecule has 4 rings (SSSR count). The fourth-order valence-corrected chi connectivity index (χ4v) is 3.80. The Kier molecular flexibility index (Phi) is 5.89. The molecule has 1 aliphatic carbocycles. The summed E-state index contributed by atoms with van der Waals surface area (Å²) in [6.45, 7) is 0.175. The van der Waals surface area contributed by atoms with E-state index in [0.717, 1.165) is 18.7 Å². The number of ether oxygens (including phenoxy) is 2. The third-order valence-electron chi connectivity index (χ3n) is 5.05. The number of hydrogen-bond donors (Lipinski definition) is 1. The van der Waals surface area contributed by atoms with Crippen LogP contribution in [0, 0.1) is 0 Å². The minimum absolute atomic E-state index is 0.175. The van der Waals surface area contributed by atoms with Crippen molar-refractivity contribution >= 4 is 23.7 Å². The van der Waals surface area contributed by atoms with Crippen molar-refractivity contribution in [1.29, 1.82) is 0 Å². The molecular formula is C20H22ClN3O5. The van der Waals surface area contributed by atoms with Crippen LogP contribution in [0.15, 0.2) is 27.8 Å². The second-order valence-electron chi connectivity index (χ2n) is 7.00. The van der Waals surface area contributed by atoms with Crippen LogP contribution in [-0.2, 0) is 16.2 Å². The molecular weight excluding hydrogens is 398 g/mol. The summed E-state index contributed by atoms with van der Waals surface area (Å²) in [7, 11) is 1.57. The number of benzene rings is 1. The van der Waals surface area contributed by atoms with Crippen LogP contribution in [0.4, 0.5) is 0 Å². The molecule has 1 N–H and O–H groups in total. The van der Waals surface area contributed by atoms with Crippen molar-refractivity contribution in [2.24, 2.45) is 5.16 Å². The molecule has 154 valence electrons. The molecule has 29 heavy (non-hydrogen) atoms. The van der Waals surface area contributed by atoms with Crippen molar-refractivity contribution < 1.29 is 23.5 Å². The number of hydrogen-bond acceptors (Lipinski definition) is 8. The molecule has 0 saturated heterocycles. The zero-order valence-corrected chi connectivity index (χ0v) is 16.8. The fraction of sp³-hybridized carbons (Fsp3) is 0.450. The average molecular weight is 420 g/mol. The number of methoxy groups -OCH3 is 1.